The van der Waals surface area contributed by atoms with Crippen LogP contribution in [-0.2, 0) is 18.3 Å². The summed E-state index contributed by atoms with van der Waals surface area (Å²) in [4.78, 5) is 2.80. The van der Waals surface area contributed by atoms with Crippen molar-refractivity contribution in [1.82, 2.24) is 4.90 Å². The van der Waals surface area contributed by atoms with Gasteiger partial charge in [-0.05, 0) is 84.5 Å². The van der Waals surface area contributed by atoms with Gasteiger partial charge in [-0.25, -0.2) is 0 Å². The Balaban J connectivity index is 1.21. The third-order valence-electron chi connectivity index (χ3n) is 8.68. The van der Waals surface area contributed by atoms with E-state index in [0.717, 1.165) is 25.3 Å². The molecule has 1 saturated heterocycles. The lowest BCUT2D eigenvalue weighted by Gasteiger charge is -2.59. The number of aromatic hydroxyl groups is 1. The summed E-state index contributed by atoms with van der Waals surface area (Å²) >= 11 is 0. The largest absolute Gasteiger partial charge is 0.508 e. The molecule has 2 nitrogen and oxygen atoms in total. The van der Waals surface area contributed by atoms with Gasteiger partial charge in [0.05, 0.1) is 0 Å². The van der Waals surface area contributed by atoms with Crippen molar-refractivity contribution in [1.29, 1.82) is 0 Å². The van der Waals surface area contributed by atoms with Crippen molar-refractivity contribution in [2.45, 2.75) is 56.4 Å². The maximum atomic E-state index is 10.2. The van der Waals surface area contributed by atoms with Crippen LogP contribution in [0.15, 0.2) is 72.8 Å². The number of nitrogens with zero attached hydrogens (tertiary/aromatic N) is 1. The molecule has 3 aliphatic rings. The van der Waals surface area contributed by atoms with Gasteiger partial charge < -0.3 is 5.11 Å². The minimum Gasteiger partial charge on any atom is -0.508 e. The molecular formula is C30H33NO. The van der Waals surface area contributed by atoms with E-state index in [1.165, 1.54) is 66.5 Å². The summed E-state index contributed by atoms with van der Waals surface area (Å²) in [5, 5.41) is 10.2. The monoisotopic (exact) mass is 423 g/mol. The summed E-state index contributed by atoms with van der Waals surface area (Å²) in [5.41, 5.74) is 7.30. The number of phenolic OH excluding ortho intramolecular Hbond substituents is 1. The second-order valence-electron chi connectivity index (χ2n) is 10.2. The summed E-state index contributed by atoms with van der Waals surface area (Å²) < 4.78 is 0. The first-order valence-corrected chi connectivity index (χ1v) is 12.4. The van der Waals surface area contributed by atoms with Crippen LogP contribution < -0.4 is 0 Å². The zero-order chi connectivity index (χ0) is 21.5. The maximum Gasteiger partial charge on any atom is 0.115 e. The predicted octanol–water partition coefficient (Wildman–Crippen LogP) is 6.36. The van der Waals surface area contributed by atoms with E-state index in [2.05, 4.69) is 71.6 Å². The van der Waals surface area contributed by atoms with Crippen molar-refractivity contribution in [2.75, 3.05) is 13.1 Å². The number of rotatable bonds is 4. The van der Waals surface area contributed by atoms with Gasteiger partial charge in [0.2, 0.25) is 0 Å². The molecule has 0 unspecified atom stereocenters. The number of hydrogen-bond donors (Lipinski definition) is 1. The van der Waals surface area contributed by atoms with Gasteiger partial charge in [0.1, 0.15) is 5.75 Å². The van der Waals surface area contributed by atoms with E-state index in [4.69, 9.17) is 0 Å². The Labute approximate surface area is 191 Å². The lowest BCUT2D eigenvalue weighted by atomic mass is 9.52. The standard InChI is InChI=1S/C30H33NO/c32-26-14-13-25-20-29-27-8-4-5-16-30(27,28(25)21-26)17-19-31(29)18-15-22-9-11-24(12-10-22)23-6-2-1-3-7-23/h1-3,6-7,9-14,21,27,29,32H,4-5,8,15-20H2/t27-,29+,30+/m0/s1. The molecule has 3 atom stereocenters. The van der Waals surface area contributed by atoms with Gasteiger partial charge in [-0.15, -0.1) is 0 Å². The highest BCUT2D eigenvalue weighted by Gasteiger charge is 2.53. The van der Waals surface area contributed by atoms with E-state index in [1.54, 1.807) is 0 Å². The molecule has 3 aromatic carbocycles. The van der Waals surface area contributed by atoms with Crippen LogP contribution in [0.2, 0.25) is 0 Å². The normalized spacial score (nSPS) is 26.9. The second kappa shape index (κ2) is 8.08. The maximum absolute atomic E-state index is 10.2. The van der Waals surface area contributed by atoms with Gasteiger partial charge in [-0.1, -0.05) is 73.5 Å². The number of benzene rings is 3. The average Bonchev–Trinajstić information content (AvgIpc) is 2.85. The third-order valence-corrected chi connectivity index (χ3v) is 8.68. The van der Waals surface area contributed by atoms with E-state index < -0.39 is 0 Å². The molecule has 0 amide bonds. The molecule has 2 bridgehead atoms. The second-order valence-corrected chi connectivity index (χ2v) is 10.2. The van der Waals surface area contributed by atoms with Crippen LogP contribution in [0.5, 0.6) is 5.75 Å². The molecule has 1 heterocycles. The van der Waals surface area contributed by atoms with Gasteiger partial charge in [0.15, 0.2) is 0 Å². The van der Waals surface area contributed by atoms with Gasteiger partial charge in [-0.2, -0.15) is 0 Å². The highest BCUT2D eigenvalue weighted by atomic mass is 16.3. The van der Waals surface area contributed by atoms with Crippen molar-refractivity contribution >= 4 is 0 Å². The summed E-state index contributed by atoms with van der Waals surface area (Å²) in [6.45, 7) is 2.34. The van der Waals surface area contributed by atoms with E-state index in [9.17, 15) is 5.11 Å². The van der Waals surface area contributed by atoms with E-state index in [-0.39, 0.29) is 0 Å². The number of likely N-dealkylation sites (tertiary alicyclic amines) is 1. The molecule has 164 valence electrons. The number of phenols is 1. The highest BCUT2D eigenvalue weighted by Crippen LogP contribution is 2.56. The molecule has 0 radical (unpaired) electrons. The minimum atomic E-state index is 0.309. The zero-order valence-corrected chi connectivity index (χ0v) is 18.8. The predicted molar refractivity (Wildman–Crippen MR) is 131 cm³/mol. The molecule has 32 heavy (non-hydrogen) atoms. The van der Waals surface area contributed by atoms with Crippen LogP contribution in [0.3, 0.4) is 0 Å². The first kappa shape index (κ1) is 20.1. The van der Waals surface area contributed by atoms with Crippen LogP contribution in [0.1, 0.15) is 48.8 Å². The molecule has 1 aliphatic heterocycles. The molecule has 6 rings (SSSR count). The zero-order valence-electron chi connectivity index (χ0n) is 18.8. The summed E-state index contributed by atoms with van der Waals surface area (Å²) in [7, 11) is 0. The summed E-state index contributed by atoms with van der Waals surface area (Å²) in [6, 6.07) is 26.7. The topological polar surface area (TPSA) is 23.5 Å². The first-order chi connectivity index (χ1) is 15.7. The average molecular weight is 424 g/mol. The lowest BCUT2D eigenvalue weighted by Crippen LogP contribution is -2.61. The molecule has 0 aromatic heterocycles. The Morgan fingerprint density at radius 3 is 2.53 bits per heavy atom. The van der Waals surface area contributed by atoms with Gasteiger partial charge in [0.25, 0.3) is 0 Å². The Morgan fingerprint density at radius 2 is 1.69 bits per heavy atom. The molecule has 2 heteroatoms. The van der Waals surface area contributed by atoms with Crippen LogP contribution in [-0.4, -0.2) is 29.1 Å². The Morgan fingerprint density at radius 1 is 0.875 bits per heavy atom. The molecule has 1 N–H and O–H groups in total. The molecule has 0 spiro atoms. The van der Waals surface area contributed by atoms with Crippen molar-refractivity contribution in [3.05, 3.63) is 89.5 Å². The molecule has 2 aliphatic carbocycles. The highest BCUT2D eigenvalue weighted by molar-refractivity contribution is 5.63. The Bertz CT molecular complexity index is 1090. The summed E-state index contributed by atoms with van der Waals surface area (Å²) in [5.74, 6) is 1.20. The fourth-order valence-corrected chi connectivity index (χ4v) is 7.12. The molecule has 1 saturated carbocycles. The minimum absolute atomic E-state index is 0.309. The fraction of sp³-hybridized carbons (Fsp3) is 0.400. The number of piperidine rings is 1. The summed E-state index contributed by atoms with van der Waals surface area (Å²) in [6.07, 6.45) is 8.87. The molecule has 2 fully saturated rings. The van der Waals surface area contributed by atoms with Crippen molar-refractivity contribution < 1.29 is 5.11 Å². The Hall–Kier alpha value is -2.58. The van der Waals surface area contributed by atoms with E-state index in [0.29, 0.717) is 17.2 Å². The SMILES string of the molecule is Oc1ccc2c(c1)[C@@]13CCCC[C@H]1[C@@H](C2)N(CCc1ccc(-c2ccccc2)cc1)CC3. The fourth-order valence-electron chi connectivity index (χ4n) is 7.12. The molecular weight excluding hydrogens is 390 g/mol. The van der Waals surface area contributed by atoms with E-state index in [1.807, 2.05) is 6.07 Å². The number of fused-ring (bicyclic) bond motifs is 1. The van der Waals surface area contributed by atoms with Crippen molar-refractivity contribution in [3.63, 3.8) is 0 Å². The molecule has 3 aromatic rings. The van der Waals surface area contributed by atoms with Crippen molar-refractivity contribution in [2.24, 2.45) is 5.92 Å². The van der Waals surface area contributed by atoms with Crippen LogP contribution >= 0.6 is 0 Å². The first-order valence-electron chi connectivity index (χ1n) is 12.4. The van der Waals surface area contributed by atoms with E-state index >= 15 is 0 Å². The van der Waals surface area contributed by atoms with Gasteiger partial charge >= 0.3 is 0 Å². The lowest BCUT2D eigenvalue weighted by molar-refractivity contribution is -0.0106. The van der Waals surface area contributed by atoms with Crippen molar-refractivity contribution in [3.8, 4) is 16.9 Å². The Kier molecular flexibility index (Phi) is 5.07. The number of hydrogen-bond acceptors (Lipinski definition) is 2. The van der Waals surface area contributed by atoms with Gasteiger partial charge in [-0.3, -0.25) is 4.90 Å². The smallest absolute Gasteiger partial charge is 0.115 e. The quantitative estimate of drug-likeness (QED) is 0.528. The van der Waals surface area contributed by atoms with Crippen LogP contribution in [0, 0.1) is 5.92 Å². The van der Waals surface area contributed by atoms with Gasteiger partial charge in [0, 0.05) is 18.0 Å². The third kappa shape index (κ3) is 3.36. The van der Waals surface area contributed by atoms with Crippen LogP contribution in [0.25, 0.3) is 11.1 Å². The van der Waals surface area contributed by atoms with Crippen LogP contribution in [0.4, 0.5) is 0 Å².